The third-order valence-electron chi connectivity index (χ3n) is 3.49. The van der Waals surface area contributed by atoms with E-state index in [2.05, 4.69) is 0 Å². The van der Waals surface area contributed by atoms with Gasteiger partial charge in [0.1, 0.15) is 0 Å². The van der Waals surface area contributed by atoms with Crippen LogP contribution in [-0.2, 0) is 4.79 Å². The molecule has 26 heavy (non-hydrogen) atoms. The lowest BCUT2D eigenvalue weighted by atomic mass is 10.1. The molecular formula is C20H25ClO5. The molecule has 2 rings (SSSR count). The van der Waals surface area contributed by atoms with E-state index < -0.39 is 0 Å². The van der Waals surface area contributed by atoms with Crippen molar-refractivity contribution in [2.45, 2.75) is 59.7 Å². The largest absolute Gasteiger partial charge is 0.504 e. The first-order valence-corrected chi connectivity index (χ1v) is 9.14. The number of hydrogen-bond donors (Lipinski definition) is 1. The Labute approximate surface area is 158 Å². The van der Waals surface area contributed by atoms with Gasteiger partial charge in [0.2, 0.25) is 11.5 Å². The highest BCUT2D eigenvalue weighted by molar-refractivity contribution is 6.31. The molecule has 0 aromatic heterocycles. The van der Waals surface area contributed by atoms with Crippen LogP contribution in [0.5, 0.6) is 23.0 Å². The smallest absolute Gasteiger partial charge is 0.311 e. The van der Waals surface area contributed by atoms with E-state index in [1.807, 2.05) is 34.6 Å². The molecule has 1 N–H and O–H groups in total. The lowest BCUT2D eigenvalue weighted by molar-refractivity contribution is -0.134. The van der Waals surface area contributed by atoms with Crippen molar-refractivity contribution in [3.8, 4) is 23.0 Å². The van der Waals surface area contributed by atoms with Gasteiger partial charge in [0, 0.05) is 22.2 Å². The molecule has 2 aromatic rings. The second-order valence-corrected chi connectivity index (χ2v) is 7.02. The van der Waals surface area contributed by atoms with Crippen LogP contribution in [-0.4, -0.2) is 23.3 Å². The summed E-state index contributed by atoms with van der Waals surface area (Å²) >= 11 is 6.09. The molecule has 0 heterocycles. The van der Waals surface area contributed by atoms with Gasteiger partial charge in [0.25, 0.3) is 0 Å². The summed E-state index contributed by atoms with van der Waals surface area (Å²) in [5.74, 6) is 0.117. The van der Waals surface area contributed by atoms with Gasteiger partial charge < -0.3 is 19.3 Å². The molecule has 2 aromatic carbocycles. The second kappa shape index (κ2) is 8.49. The predicted octanol–water partition coefficient (Wildman–Crippen LogP) is 5.48. The number of phenolic OH excluding ortho intramolecular Hbond substituents is 1. The molecule has 0 saturated carbocycles. The summed E-state index contributed by atoms with van der Waals surface area (Å²) in [4.78, 5) is 12.2. The maximum absolute atomic E-state index is 12.2. The van der Waals surface area contributed by atoms with Crippen LogP contribution in [0.25, 0.3) is 10.8 Å². The van der Waals surface area contributed by atoms with E-state index in [0.717, 1.165) is 0 Å². The van der Waals surface area contributed by atoms with Gasteiger partial charge in [0.05, 0.1) is 12.2 Å². The number of aromatic hydroxyl groups is 1. The fourth-order valence-electron chi connectivity index (χ4n) is 2.52. The quantitative estimate of drug-likeness (QED) is 0.509. The molecule has 0 spiro atoms. The van der Waals surface area contributed by atoms with Crippen LogP contribution < -0.4 is 14.2 Å². The van der Waals surface area contributed by atoms with Crippen molar-refractivity contribution in [3.05, 3.63) is 23.2 Å². The fraction of sp³-hybridized carbons (Fsp3) is 0.450. The lowest BCUT2D eigenvalue weighted by Gasteiger charge is -2.22. The minimum absolute atomic E-state index is 0.0952. The second-order valence-electron chi connectivity index (χ2n) is 6.58. The molecule has 0 aliphatic rings. The van der Waals surface area contributed by atoms with Gasteiger partial charge in [-0.1, -0.05) is 18.5 Å². The van der Waals surface area contributed by atoms with Gasteiger partial charge >= 0.3 is 5.97 Å². The topological polar surface area (TPSA) is 65.0 Å². The first-order chi connectivity index (χ1) is 12.2. The minimum Gasteiger partial charge on any atom is -0.504 e. The number of halogens is 1. The van der Waals surface area contributed by atoms with Crippen molar-refractivity contribution in [3.63, 3.8) is 0 Å². The van der Waals surface area contributed by atoms with Gasteiger partial charge in [-0.15, -0.1) is 0 Å². The summed E-state index contributed by atoms with van der Waals surface area (Å²) in [5, 5.41) is 12.2. The maximum atomic E-state index is 12.2. The van der Waals surface area contributed by atoms with E-state index in [4.69, 9.17) is 25.8 Å². The van der Waals surface area contributed by atoms with E-state index >= 15 is 0 Å². The molecule has 0 aliphatic carbocycles. The predicted molar refractivity (Wildman–Crippen MR) is 103 cm³/mol. The highest BCUT2D eigenvalue weighted by atomic mass is 35.5. The third kappa shape index (κ3) is 4.52. The molecule has 142 valence electrons. The number of carbonyl (C=O) groups is 1. The summed E-state index contributed by atoms with van der Waals surface area (Å²) in [5.41, 5.74) is 0. The van der Waals surface area contributed by atoms with E-state index in [9.17, 15) is 9.90 Å². The van der Waals surface area contributed by atoms with Gasteiger partial charge in [-0.05, 0) is 52.3 Å². The molecule has 0 amide bonds. The molecule has 0 saturated heterocycles. The lowest BCUT2D eigenvalue weighted by Crippen LogP contribution is -2.14. The Hall–Kier alpha value is -2.14. The third-order valence-corrected chi connectivity index (χ3v) is 3.72. The van der Waals surface area contributed by atoms with Crippen LogP contribution in [0.3, 0.4) is 0 Å². The summed E-state index contributed by atoms with van der Waals surface area (Å²) in [7, 11) is 0. The SMILES string of the molecule is CCCC(=O)Oc1c(OC(C)C)c(OC(C)C)c(O)c2cc(Cl)ccc12. The highest BCUT2D eigenvalue weighted by Crippen LogP contribution is 2.52. The zero-order chi connectivity index (χ0) is 19.4. The number of esters is 1. The standard InChI is InChI=1S/C20H25ClO5/c1-6-7-16(22)26-18-14-9-8-13(21)10-15(14)17(23)19(24-11(2)3)20(18)25-12(4)5/h8-12,23H,6-7H2,1-5H3. The number of phenols is 1. The summed E-state index contributed by atoms with van der Waals surface area (Å²) in [6, 6.07) is 4.97. The van der Waals surface area contributed by atoms with E-state index in [1.165, 1.54) is 0 Å². The zero-order valence-electron chi connectivity index (χ0n) is 15.8. The molecular weight excluding hydrogens is 356 g/mol. The van der Waals surface area contributed by atoms with Crippen LogP contribution in [0.1, 0.15) is 47.5 Å². The summed E-state index contributed by atoms with van der Waals surface area (Å²) in [6.07, 6.45) is 0.511. The Balaban J connectivity index is 2.79. The average molecular weight is 381 g/mol. The first-order valence-electron chi connectivity index (χ1n) is 8.76. The Morgan fingerprint density at radius 3 is 2.23 bits per heavy atom. The number of fused-ring (bicyclic) bond motifs is 1. The monoisotopic (exact) mass is 380 g/mol. The number of ether oxygens (including phenoxy) is 3. The Morgan fingerprint density at radius 1 is 1.04 bits per heavy atom. The molecule has 0 bridgehead atoms. The Kier molecular flexibility index (Phi) is 6.59. The van der Waals surface area contributed by atoms with Crippen LogP contribution >= 0.6 is 11.6 Å². The van der Waals surface area contributed by atoms with Crippen molar-refractivity contribution < 1.29 is 24.1 Å². The van der Waals surface area contributed by atoms with Crippen LogP contribution in [0.15, 0.2) is 18.2 Å². The average Bonchev–Trinajstić information content (AvgIpc) is 2.54. The molecule has 6 heteroatoms. The van der Waals surface area contributed by atoms with Gasteiger partial charge in [-0.3, -0.25) is 4.79 Å². The zero-order valence-corrected chi connectivity index (χ0v) is 16.5. The van der Waals surface area contributed by atoms with Crippen LogP contribution in [0.2, 0.25) is 5.02 Å². The molecule has 0 aliphatic heterocycles. The summed E-state index contributed by atoms with van der Waals surface area (Å²) < 4.78 is 17.3. The van der Waals surface area contributed by atoms with Crippen molar-refractivity contribution in [1.82, 2.24) is 0 Å². The van der Waals surface area contributed by atoms with E-state index in [-0.39, 0.29) is 47.6 Å². The molecule has 0 atom stereocenters. The number of hydrogen-bond acceptors (Lipinski definition) is 5. The first kappa shape index (κ1) is 20.2. The Bertz CT molecular complexity index is 799. The van der Waals surface area contributed by atoms with Crippen molar-refractivity contribution in [2.75, 3.05) is 0 Å². The van der Waals surface area contributed by atoms with Crippen molar-refractivity contribution in [2.24, 2.45) is 0 Å². The highest BCUT2D eigenvalue weighted by Gasteiger charge is 2.26. The van der Waals surface area contributed by atoms with Gasteiger partial charge in [0.15, 0.2) is 11.5 Å². The van der Waals surface area contributed by atoms with Gasteiger partial charge in [-0.2, -0.15) is 0 Å². The molecule has 0 fully saturated rings. The van der Waals surface area contributed by atoms with Crippen molar-refractivity contribution in [1.29, 1.82) is 0 Å². The molecule has 0 radical (unpaired) electrons. The number of benzene rings is 2. The normalized spacial score (nSPS) is 11.2. The van der Waals surface area contributed by atoms with Crippen LogP contribution in [0.4, 0.5) is 0 Å². The van der Waals surface area contributed by atoms with Gasteiger partial charge in [-0.25, -0.2) is 0 Å². The maximum Gasteiger partial charge on any atom is 0.311 e. The fourth-order valence-corrected chi connectivity index (χ4v) is 2.70. The van der Waals surface area contributed by atoms with E-state index in [0.29, 0.717) is 22.2 Å². The van der Waals surface area contributed by atoms with E-state index in [1.54, 1.807) is 18.2 Å². The number of rotatable bonds is 7. The Morgan fingerprint density at radius 2 is 1.65 bits per heavy atom. The van der Waals surface area contributed by atoms with Crippen molar-refractivity contribution >= 4 is 28.3 Å². The summed E-state index contributed by atoms with van der Waals surface area (Å²) in [6.45, 7) is 9.27. The number of carbonyl (C=O) groups excluding carboxylic acids is 1. The molecule has 5 nitrogen and oxygen atoms in total. The molecule has 0 unspecified atom stereocenters. The van der Waals surface area contributed by atoms with Crippen LogP contribution in [0, 0.1) is 0 Å². The minimum atomic E-state index is -0.376.